The predicted molar refractivity (Wildman–Crippen MR) is 266 cm³/mol. The molecular weight excluding hydrogens is 921 g/mol. The highest BCUT2D eigenvalue weighted by Crippen LogP contribution is 2.29. The molecule has 0 aromatic carbocycles. The second kappa shape index (κ2) is 39.5. The maximum atomic E-state index is 13.1. The van der Waals surface area contributed by atoms with Crippen LogP contribution in [0.3, 0.4) is 0 Å². The molecule has 5 amide bonds. The van der Waals surface area contributed by atoms with Gasteiger partial charge in [-0.05, 0) is 96.9 Å². The van der Waals surface area contributed by atoms with E-state index in [0.717, 1.165) is 38.5 Å². The monoisotopic (exact) mass is 1010 g/mol. The van der Waals surface area contributed by atoms with Gasteiger partial charge in [-0.15, -0.1) is 0 Å². The average Bonchev–Trinajstić information content (AvgIpc) is 3.32. The van der Waals surface area contributed by atoms with Gasteiger partial charge >= 0.3 is 23.9 Å². The van der Waals surface area contributed by atoms with Crippen LogP contribution in [-0.2, 0) is 47.9 Å². The summed E-state index contributed by atoms with van der Waals surface area (Å²) in [6.45, 7) is 2.33. The van der Waals surface area contributed by atoms with Crippen molar-refractivity contribution in [2.24, 2.45) is 11.8 Å². The van der Waals surface area contributed by atoms with Crippen molar-refractivity contribution in [2.75, 3.05) is 20.1 Å². The molecule has 406 valence electrons. The third-order valence-corrected chi connectivity index (χ3v) is 13.3. The third-order valence-electron chi connectivity index (χ3n) is 13.3. The molecule has 1 fully saturated rings. The summed E-state index contributed by atoms with van der Waals surface area (Å²) in [4.78, 5) is 121. The summed E-state index contributed by atoms with van der Waals surface area (Å²) in [5, 5.41) is 53.3. The van der Waals surface area contributed by atoms with E-state index in [1.165, 1.54) is 71.1 Å². The molecule has 20 nitrogen and oxygen atoms in total. The number of likely N-dealkylation sites (N-methyl/N-ethyl adjacent to an activating group) is 1. The zero-order valence-corrected chi connectivity index (χ0v) is 42.7. The Morgan fingerprint density at radius 1 is 0.423 bits per heavy atom. The maximum absolute atomic E-state index is 13.1. The second-order valence-corrected chi connectivity index (χ2v) is 19.3. The maximum Gasteiger partial charge on any atom is 0.326 e. The summed E-state index contributed by atoms with van der Waals surface area (Å²) < 4.78 is 0. The van der Waals surface area contributed by atoms with Crippen LogP contribution < -0.4 is 31.9 Å². The Labute approximate surface area is 420 Å². The van der Waals surface area contributed by atoms with Crippen LogP contribution >= 0.6 is 0 Å². The molecule has 0 aliphatic heterocycles. The highest BCUT2D eigenvalue weighted by molar-refractivity contribution is 5.88. The van der Waals surface area contributed by atoms with Crippen molar-refractivity contribution in [1.29, 1.82) is 0 Å². The molecule has 1 aliphatic carbocycles. The van der Waals surface area contributed by atoms with E-state index in [9.17, 15) is 63.3 Å². The number of ketones is 1. The van der Waals surface area contributed by atoms with E-state index < -0.39 is 90.8 Å². The molecular formula is C51H88N6O14. The van der Waals surface area contributed by atoms with Crippen molar-refractivity contribution in [2.45, 2.75) is 230 Å². The molecule has 0 spiro atoms. The molecule has 10 N–H and O–H groups in total. The molecule has 0 radical (unpaired) electrons. The molecule has 0 aromatic heterocycles. The van der Waals surface area contributed by atoms with E-state index in [4.69, 9.17) is 5.11 Å². The first-order chi connectivity index (χ1) is 33.9. The number of aliphatic carboxylic acids is 4. The number of carbonyl (C=O) groups is 10. The molecule has 1 rings (SSSR count). The first-order valence-electron chi connectivity index (χ1n) is 26.4. The van der Waals surface area contributed by atoms with Gasteiger partial charge in [0.25, 0.3) is 0 Å². The number of amides is 5. The van der Waals surface area contributed by atoms with Crippen molar-refractivity contribution >= 4 is 59.2 Å². The smallest absolute Gasteiger partial charge is 0.326 e. The van der Waals surface area contributed by atoms with Gasteiger partial charge in [0.2, 0.25) is 29.5 Å². The number of hydrogen-bond donors (Lipinski definition) is 10. The number of nitrogens with one attached hydrogen (secondary N) is 6. The van der Waals surface area contributed by atoms with Gasteiger partial charge in [0.15, 0.2) is 0 Å². The van der Waals surface area contributed by atoms with Gasteiger partial charge in [-0.25, -0.2) is 14.4 Å². The summed E-state index contributed by atoms with van der Waals surface area (Å²) in [6, 6.07) is -4.66. The van der Waals surface area contributed by atoms with E-state index >= 15 is 0 Å². The van der Waals surface area contributed by atoms with Gasteiger partial charge in [-0.1, -0.05) is 89.9 Å². The number of rotatable bonds is 44. The van der Waals surface area contributed by atoms with Gasteiger partial charge in [0, 0.05) is 51.1 Å². The molecule has 1 saturated carbocycles. The lowest BCUT2D eigenvalue weighted by Crippen LogP contribution is -2.46. The van der Waals surface area contributed by atoms with Crippen molar-refractivity contribution < 1.29 is 68.4 Å². The molecule has 0 unspecified atom stereocenters. The average molecular weight is 1010 g/mol. The quantitative estimate of drug-likeness (QED) is 0.0336. The van der Waals surface area contributed by atoms with Crippen LogP contribution in [-0.4, -0.2) is 124 Å². The number of unbranched alkanes of at least 4 members (excludes halogenated alkanes) is 16. The van der Waals surface area contributed by atoms with E-state index in [1.54, 1.807) is 7.05 Å². The van der Waals surface area contributed by atoms with Crippen molar-refractivity contribution in [1.82, 2.24) is 31.9 Å². The number of carbonyl (C=O) groups excluding carboxylic acids is 6. The Kier molecular flexibility index (Phi) is 35.5. The van der Waals surface area contributed by atoms with Gasteiger partial charge in [0.1, 0.15) is 23.9 Å². The van der Waals surface area contributed by atoms with Crippen LogP contribution in [0.1, 0.15) is 206 Å². The molecule has 0 saturated heterocycles. The highest BCUT2D eigenvalue weighted by atomic mass is 16.4. The van der Waals surface area contributed by atoms with E-state index in [1.807, 2.05) is 0 Å². The van der Waals surface area contributed by atoms with Crippen LogP contribution in [0.2, 0.25) is 0 Å². The van der Waals surface area contributed by atoms with Crippen LogP contribution in [0.5, 0.6) is 0 Å². The van der Waals surface area contributed by atoms with Gasteiger partial charge in [-0.2, -0.15) is 0 Å². The fourth-order valence-corrected chi connectivity index (χ4v) is 8.77. The molecule has 1 aliphatic rings. The summed E-state index contributed by atoms with van der Waals surface area (Å²) in [6.07, 6.45) is 21.3. The molecule has 71 heavy (non-hydrogen) atoms. The molecule has 0 heterocycles. The summed E-state index contributed by atoms with van der Waals surface area (Å²) >= 11 is 0. The lowest BCUT2D eigenvalue weighted by molar-refractivity contribution is -0.144. The zero-order chi connectivity index (χ0) is 52.8. The van der Waals surface area contributed by atoms with Crippen molar-refractivity contribution in [3.8, 4) is 0 Å². The SMILES string of the molecule is CN[C@@H](CCCCNC(=O)CC[C@H](NC(=O)CC[C@H](NC(=O)CC[C@H](NC(=O)[C@H]1CC[C@H](CNC(=O)CCCCCCCCCCCCCCCCCCC(=O)O)CC1)C(=O)O)C(=O)O)C(=O)O)C(C)=O. The highest BCUT2D eigenvalue weighted by Gasteiger charge is 2.31. The molecule has 0 aromatic rings. The minimum atomic E-state index is -1.55. The minimum absolute atomic E-state index is 0.0152. The molecule has 20 heteroatoms. The van der Waals surface area contributed by atoms with E-state index in [-0.39, 0.29) is 49.3 Å². The van der Waals surface area contributed by atoms with Crippen molar-refractivity contribution in [3.63, 3.8) is 0 Å². The summed E-state index contributed by atoms with van der Waals surface area (Å²) in [5.74, 6) is -7.65. The number of Topliss-reactive ketones (excluding diaryl/α,β-unsaturated/α-hetero) is 1. The van der Waals surface area contributed by atoms with Crippen LogP contribution in [0.4, 0.5) is 0 Å². The van der Waals surface area contributed by atoms with Crippen LogP contribution in [0.25, 0.3) is 0 Å². The Balaban J connectivity index is 2.27. The normalized spacial score (nSPS) is 16.1. The second-order valence-electron chi connectivity index (χ2n) is 19.3. The first-order valence-corrected chi connectivity index (χ1v) is 26.4. The lowest BCUT2D eigenvalue weighted by Gasteiger charge is -2.28. The predicted octanol–water partition coefficient (Wildman–Crippen LogP) is 5.53. The lowest BCUT2D eigenvalue weighted by atomic mass is 9.81. The zero-order valence-electron chi connectivity index (χ0n) is 42.7. The number of carboxylic acids is 4. The fourth-order valence-electron chi connectivity index (χ4n) is 8.77. The van der Waals surface area contributed by atoms with Gasteiger partial charge in [-0.3, -0.25) is 33.6 Å². The van der Waals surface area contributed by atoms with Crippen molar-refractivity contribution in [3.05, 3.63) is 0 Å². The van der Waals surface area contributed by atoms with Crippen LogP contribution in [0, 0.1) is 11.8 Å². The largest absolute Gasteiger partial charge is 0.481 e. The van der Waals surface area contributed by atoms with Gasteiger partial charge < -0.3 is 52.3 Å². The standard InChI is InChI=1S/C51H88N6O14/c1-36(58)39(52-2)21-19-20-34-53-44(60)31-28-40(49(66)67)55-45(61)32-29-41(50(68)69)56-46(62)33-30-42(51(70)71)57-48(65)38-26-24-37(25-27-38)35-54-43(59)22-17-15-13-11-9-7-5-3-4-6-8-10-12-14-16-18-23-47(63)64/h37-42,52H,3-35H2,1-2H3,(H,53,60)(H,54,59)(H,55,61)(H,56,62)(H,57,65)(H,63,64)(H,66,67)(H,68,69)(H,70,71)/t37-,38-,39-,40-,41-,42-/m0/s1. The Bertz CT molecular complexity index is 1640. The number of hydrogen-bond acceptors (Lipinski definition) is 11. The Morgan fingerprint density at radius 3 is 1.23 bits per heavy atom. The minimum Gasteiger partial charge on any atom is -0.481 e. The number of carboxylic acid groups (broad SMARTS) is 4. The van der Waals surface area contributed by atoms with E-state index in [2.05, 4.69) is 31.9 Å². The Hall–Kier alpha value is -5.14. The van der Waals surface area contributed by atoms with E-state index in [0.29, 0.717) is 64.5 Å². The molecule has 4 atom stereocenters. The summed E-state index contributed by atoms with van der Waals surface area (Å²) in [5.41, 5.74) is 0. The third kappa shape index (κ3) is 33.2. The van der Waals surface area contributed by atoms with Crippen LogP contribution in [0.15, 0.2) is 0 Å². The Morgan fingerprint density at radius 2 is 0.817 bits per heavy atom. The fraction of sp³-hybridized carbons (Fsp3) is 0.804. The molecule has 0 bridgehead atoms. The summed E-state index contributed by atoms with van der Waals surface area (Å²) in [7, 11) is 1.69. The van der Waals surface area contributed by atoms with Gasteiger partial charge in [0.05, 0.1) is 6.04 Å². The topological polar surface area (TPSA) is 324 Å². The first kappa shape index (κ1) is 63.9.